The van der Waals surface area contributed by atoms with Gasteiger partial charge in [0.2, 0.25) is 11.8 Å². The van der Waals surface area contributed by atoms with Crippen LogP contribution in [0.5, 0.6) is 5.75 Å². The Bertz CT molecular complexity index is 765. The van der Waals surface area contributed by atoms with Gasteiger partial charge in [-0.1, -0.05) is 41.9 Å². The van der Waals surface area contributed by atoms with Gasteiger partial charge in [0, 0.05) is 25.7 Å². The van der Waals surface area contributed by atoms with Gasteiger partial charge in [0.25, 0.3) is 0 Å². The van der Waals surface area contributed by atoms with Crippen LogP contribution < -0.4 is 9.64 Å². The minimum atomic E-state index is -0.227. The van der Waals surface area contributed by atoms with Gasteiger partial charge in [-0.15, -0.1) is 0 Å². The molecule has 0 bridgehead atoms. The van der Waals surface area contributed by atoms with E-state index in [2.05, 4.69) is 0 Å². The van der Waals surface area contributed by atoms with Gasteiger partial charge in [-0.3, -0.25) is 9.59 Å². The van der Waals surface area contributed by atoms with Crippen molar-refractivity contribution in [3.8, 4) is 5.75 Å². The molecule has 0 aromatic heterocycles. The molecule has 5 nitrogen and oxygen atoms in total. The summed E-state index contributed by atoms with van der Waals surface area (Å²) in [6.45, 7) is 4.37. The van der Waals surface area contributed by atoms with Crippen molar-refractivity contribution >= 4 is 29.1 Å². The SMILES string of the molecule is CCN(Cc1ccccc1)C(=O)CN(C(C)=O)c1ccc(OC)c(Cl)c1. The number of carbonyl (C=O) groups excluding carboxylic acids is 2. The summed E-state index contributed by atoms with van der Waals surface area (Å²) in [5.41, 5.74) is 1.61. The molecule has 2 amide bonds. The van der Waals surface area contributed by atoms with E-state index in [0.29, 0.717) is 29.5 Å². The second kappa shape index (κ2) is 9.25. The number of amides is 2. The lowest BCUT2D eigenvalue weighted by Crippen LogP contribution is -2.42. The molecule has 138 valence electrons. The third-order valence-corrected chi connectivity index (χ3v) is 4.37. The number of hydrogen-bond donors (Lipinski definition) is 0. The molecule has 0 aliphatic carbocycles. The molecule has 0 N–H and O–H groups in total. The van der Waals surface area contributed by atoms with Crippen LogP contribution in [-0.2, 0) is 16.1 Å². The van der Waals surface area contributed by atoms with Crippen LogP contribution in [-0.4, -0.2) is 36.9 Å². The summed E-state index contributed by atoms with van der Waals surface area (Å²) >= 11 is 6.15. The van der Waals surface area contributed by atoms with Gasteiger partial charge in [0.15, 0.2) is 0 Å². The number of nitrogens with zero attached hydrogens (tertiary/aromatic N) is 2. The summed E-state index contributed by atoms with van der Waals surface area (Å²) in [7, 11) is 1.52. The molecule has 2 aromatic carbocycles. The molecule has 6 heteroatoms. The number of carbonyl (C=O) groups is 2. The Morgan fingerprint density at radius 3 is 2.35 bits per heavy atom. The van der Waals surface area contributed by atoms with Crippen LogP contribution in [0.25, 0.3) is 0 Å². The molecule has 0 heterocycles. The minimum absolute atomic E-state index is 0.0430. The van der Waals surface area contributed by atoms with E-state index >= 15 is 0 Å². The maximum Gasteiger partial charge on any atom is 0.242 e. The van der Waals surface area contributed by atoms with Crippen LogP contribution in [0.4, 0.5) is 5.69 Å². The largest absolute Gasteiger partial charge is 0.495 e. The second-order valence-electron chi connectivity index (χ2n) is 5.82. The molecule has 2 aromatic rings. The summed E-state index contributed by atoms with van der Waals surface area (Å²) in [6, 6.07) is 14.8. The number of likely N-dealkylation sites (N-methyl/N-ethyl adjacent to an activating group) is 1. The van der Waals surface area contributed by atoms with Gasteiger partial charge >= 0.3 is 0 Å². The average Bonchev–Trinajstić information content (AvgIpc) is 2.64. The molecule has 0 radical (unpaired) electrons. The molecular formula is C20H23ClN2O3. The van der Waals surface area contributed by atoms with Crippen molar-refractivity contribution in [2.24, 2.45) is 0 Å². The van der Waals surface area contributed by atoms with Gasteiger partial charge in [-0.2, -0.15) is 0 Å². The monoisotopic (exact) mass is 374 g/mol. The number of methoxy groups -OCH3 is 1. The van der Waals surface area contributed by atoms with E-state index in [1.54, 1.807) is 23.1 Å². The van der Waals surface area contributed by atoms with E-state index in [-0.39, 0.29) is 18.4 Å². The lowest BCUT2D eigenvalue weighted by atomic mass is 10.2. The van der Waals surface area contributed by atoms with Gasteiger partial charge in [0.1, 0.15) is 12.3 Å². The average molecular weight is 375 g/mol. The Morgan fingerprint density at radius 1 is 1.12 bits per heavy atom. The van der Waals surface area contributed by atoms with Crippen molar-refractivity contribution in [3.05, 3.63) is 59.1 Å². The zero-order chi connectivity index (χ0) is 19.1. The first-order chi connectivity index (χ1) is 12.5. The fourth-order valence-electron chi connectivity index (χ4n) is 2.62. The summed E-state index contributed by atoms with van der Waals surface area (Å²) in [5, 5.41) is 0.389. The molecule has 0 unspecified atom stereocenters. The third-order valence-electron chi connectivity index (χ3n) is 4.07. The van der Waals surface area contributed by atoms with Crippen molar-refractivity contribution in [1.82, 2.24) is 4.90 Å². The first-order valence-electron chi connectivity index (χ1n) is 8.39. The molecule has 0 spiro atoms. The van der Waals surface area contributed by atoms with Gasteiger partial charge < -0.3 is 14.5 Å². The quantitative estimate of drug-likeness (QED) is 0.741. The third kappa shape index (κ3) is 4.99. The molecule has 0 atom stereocenters. The smallest absolute Gasteiger partial charge is 0.242 e. The highest BCUT2D eigenvalue weighted by molar-refractivity contribution is 6.32. The second-order valence-corrected chi connectivity index (χ2v) is 6.22. The zero-order valence-electron chi connectivity index (χ0n) is 15.2. The highest BCUT2D eigenvalue weighted by atomic mass is 35.5. The van der Waals surface area contributed by atoms with Crippen molar-refractivity contribution < 1.29 is 14.3 Å². The van der Waals surface area contributed by atoms with Crippen molar-refractivity contribution in [2.75, 3.05) is 25.1 Å². The van der Waals surface area contributed by atoms with Crippen LogP contribution >= 0.6 is 11.6 Å². The minimum Gasteiger partial charge on any atom is -0.495 e. The normalized spacial score (nSPS) is 10.3. The van der Waals surface area contributed by atoms with E-state index in [1.165, 1.54) is 18.9 Å². The van der Waals surface area contributed by atoms with E-state index < -0.39 is 0 Å². The zero-order valence-corrected chi connectivity index (χ0v) is 16.0. The van der Waals surface area contributed by atoms with Crippen LogP contribution in [0.1, 0.15) is 19.4 Å². The van der Waals surface area contributed by atoms with Crippen molar-refractivity contribution in [2.45, 2.75) is 20.4 Å². The maximum atomic E-state index is 12.7. The fourth-order valence-corrected chi connectivity index (χ4v) is 2.87. The Morgan fingerprint density at radius 2 is 1.81 bits per heavy atom. The van der Waals surface area contributed by atoms with Gasteiger partial charge in [-0.05, 0) is 30.7 Å². The van der Waals surface area contributed by atoms with Crippen LogP contribution in [0.15, 0.2) is 48.5 Å². The van der Waals surface area contributed by atoms with Crippen LogP contribution in [0.2, 0.25) is 5.02 Å². The number of benzene rings is 2. The lowest BCUT2D eigenvalue weighted by molar-refractivity contribution is -0.131. The van der Waals surface area contributed by atoms with E-state index in [4.69, 9.17) is 16.3 Å². The van der Waals surface area contributed by atoms with Crippen LogP contribution in [0.3, 0.4) is 0 Å². The molecule has 0 aliphatic heterocycles. The first kappa shape index (κ1) is 19.8. The lowest BCUT2D eigenvalue weighted by Gasteiger charge is -2.26. The van der Waals surface area contributed by atoms with E-state index in [1.807, 2.05) is 37.3 Å². The molecule has 0 saturated carbocycles. The molecule has 26 heavy (non-hydrogen) atoms. The van der Waals surface area contributed by atoms with Crippen molar-refractivity contribution in [1.29, 1.82) is 0 Å². The first-order valence-corrected chi connectivity index (χ1v) is 8.77. The molecule has 0 aliphatic rings. The van der Waals surface area contributed by atoms with Crippen molar-refractivity contribution in [3.63, 3.8) is 0 Å². The molecule has 2 rings (SSSR count). The highest BCUT2D eigenvalue weighted by Gasteiger charge is 2.20. The Balaban J connectivity index is 2.16. The fraction of sp³-hybridized carbons (Fsp3) is 0.300. The van der Waals surface area contributed by atoms with E-state index in [9.17, 15) is 9.59 Å². The number of hydrogen-bond acceptors (Lipinski definition) is 3. The summed E-state index contributed by atoms with van der Waals surface area (Å²) < 4.78 is 5.13. The van der Waals surface area contributed by atoms with E-state index in [0.717, 1.165) is 5.56 Å². The topological polar surface area (TPSA) is 49.9 Å². The number of ether oxygens (including phenoxy) is 1. The molecule has 0 saturated heterocycles. The van der Waals surface area contributed by atoms with Gasteiger partial charge in [0.05, 0.1) is 12.1 Å². The predicted molar refractivity (Wildman–Crippen MR) is 104 cm³/mol. The predicted octanol–water partition coefficient (Wildman–Crippen LogP) is 3.75. The summed E-state index contributed by atoms with van der Waals surface area (Å²) in [5.74, 6) is 0.165. The molecular weight excluding hydrogens is 352 g/mol. The van der Waals surface area contributed by atoms with Gasteiger partial charge in [-0.25, -0.2) is 0 Å². The summed E-state index contributed by atoms with van der Waals surface area (Å²) in [6.07, 6.45) is 0. The Kier molecular flexibility index (Phi) is 7.04. The Labute approximate surface area is 159 Å². The summed E-state index contributed by atoms with van der Waals surface area (Å²) in [4.78, 5) is 28.0. The highest BCUT2D eigenvalue weighted by Crippen LogP contribution is 2.29. The standard InChI is InChI=1S/C20H23ClN2O3/c1-4-22(13-16-8-6-5-7-9-16)20(25)14-23(15(2)24)17-10-11-19(26-3)18(21)12-17/h5-12H,4,13-14H2,1-3H3. The molecule has 0 fully saturated rings. The Hall–Kier alpha value is -2.53. The number of rotatable bonds is 7. The van der Waals surface area contributed by atoms with Crippen LogP contribution in [0, 0.1) is 0 Å². The maximum absolute atomic E-state index is 12.7. The number of halogens is 1. The number of anilines is 1.